The van der Waals surface area contributed by atoms with Crippen LogP contribution in [0.2, 0.25) is 0 Å². The summed E-state index contributed by atoms with van der Waals surface area (Å²) in [6, 6.07) is 7.41. The van der Waals surface area contributed by atoms with Crippen molar-refractivity contribution in [3.63, 3.8) is 0 Å². The Morgan fingerprint density at radius 3 is 2.59 bits per heavy atom. The average molecular weight is 372 g/mol. The third-order valence-electron chi connectivity index (χ3n) is 4.86. The number of hydrogen-bond acceptors (Lipinski definition) is 4. The first-order chi connectivity index (χ1) is 13.2. The second-order valence-electron chi connectivity index (χ2n) is 6.92. The number of carbonyl (C=O) groups excluding carboxylic acids is 2. The van der Waals surface area contributed by atoms with Crippen LogP contribution < -0.4 is 5.32 Å². The zero-order valence-corrected chi connectivity index (χ0v) is 16.0. The number of morpholine rings is 1. The molecule has 0 saturated carbocycles. The van der Waals surface area contributed by atoms with Gasteiger partial charge in [0.2, 0.25) is 11.7 Å². The average Bonchev–Trinajstić information content (AvgIpc) is 3.06. The monoisotopic (exact) mass is 372 g/mol. The third-order valence-corrected chi connectivity index (χ3v) is 4.86. The number of rotatable bonds is 8. The number of carbonyl (C=O) groups is 2. The summed E-state index contributed by atoms with van der Waals surface area (Å²) in [7, 11) is 0. The number of amides is 2. The van der Waals surface area contributed by atoms with Gasteiger partial charge in [-0.25, -0.2) is 0 Å². The van der Waals surface area contributed by atoms with Crippen molar-refractivity contribution in [1.82, 2.24) is 4.90 Å². The number of nitrogens with one attached hydrogen (secondary N) is 1. The highest BCUT2D eigenvalue weighted by atomic mass is 16.5. The van der Waals surface area contributed by atoms with Gasteiger partial charge in [0.05, 0.1) is 13.2 Å². The first kappa shape index (κ1) is 19.4. The van der Waals surface area contributed by atoms with E-state index in [0.717, 1.165) is 24.6 Å². The molecule has 1 aliphatic heterocycles. The summed E-state index contributed by atoms with van der Waals surface area (Å²) in [6.45, 7) is 4.27. The second kappa shape index (κ2) is 9.55. The zero-order valence-electron chi connectivity index (χ0n) is 16.0. The van der Waals surface area contributed by atoms with Crippen LogP contribution in [-0.4, -0.2) is 43.0 Å². The van der Waals surface area contributed by atoms with E-state index in [0.29, 0.717) is 44.0 Å². The fourth-order valence-corrected chi connectivity index (χ4v) is 3.32. The maximum atomic E-state index is 12.9. The van der Waals surface area contributed by atoms with Crippen LogP contribution in [0.15, 0.2) is 28.7 Å². The largest absolute Gasteiger partial charge is 0.449 e. The summed E-state index contributed by atoms with van der Waals surface area (Å²) in [6.07, 6.45) is 5.89. The molecule has 2 amide bonds. The molecule has 1 fully saturated rings. The number of fused-ring (bicyclic) bond motifs is 1. The van der Waals surface area contributed by atoms with Crippen molar-refractivity contribution in [2.24, 2.45) is 0 Å². The molecule has 0 unspecified atom stereocenters. The zero-order chi connectivity index (χ0) is 19.1. The molecule has 1 aliphatic rings. The van der Waals surface area contributed by atoms with Crippen LogP contribution in [0.5, 0.6) is 0 Å². The van der Waals surface area contributed by atoms with Gasteiger partial charge in [0.25, 0.3) is 5.91 Å². The molecule has 1 aromatic carbocycles. The first-order valence-corrected chi connectivity index (χ1v) is 9.89. The van der Waals surface area contributed by atoms with E-state index in [4.69, 9.17) is 9.15 Å². The highest BCUT2D eigenvalue weighted by Gasteiger charge is 2.27. The number of nitrogens with zero attached hydrogens (tertiary/aromatic N) is 1. The van der Waals surface area contributed by atoms with Gasteiger partial charge in [-0.1, -0.05) is 44.7 Å². The van der Waals surface area contributed by atoms with E-state index < -0.39 is 0 Å². The molecular weight excluding hydrogens is 344 g/mol. The first-order valence-electron chi connectivity index (χ1n) is 9.89. The molecule has 146 valence electrons. The van der Waals surface area contributed by atoms with Crippen LogP contribution in [0, 0.1) is 0 Å². The van der Waals surface area contributed by atoms with E-state index in [1.807, 2.05) is 24.3 Å². The topological polar surface area (TPSA) is 71.8 Å². The lowest BCUT2D eigenvalue weighted by Gasteiger charge is -2.26. The second-order valence-corrected chi connectivity index (χ2v) is 6.92. The number of anilines is 1. The number of benzene rings is 1. The molecule has 2 aromatic rings. The van der Waals surface area contributed by atoms with Crippen molar-refractivity contribution in [2.45, 2.75) is 45.4 Å². The minimum absolute atomic E-state index is 0.0749. The van der Waals surface area contributed by atoms with Crippen LogP contribution in [0.3, 0.4) is 0 Å². The normalized spacial score (nSPS) is 14.5. The summed E-state index contributed by atoms with van der Waals surface area (Å²) in [5.41, 5.74) is 1.09. The summed E-state index contributed by atoms with van der Waals surface area (Å²) in [5.74, 6) is -0.0701. The number of ether oxygens (including phenoxy) is 1. The van der Waals surface area contributed by atoms with E-state index in [1.54, 1.807) is 4.90 Å². The molecule has 0 aliphatic carbocycles. The standard InChI is InChI=1S/C21H28N2O4/c1-2-3-4-5-6-11-18(24)22-19-16-9-7-8-10-17(16)27-20(19)21(25)23-12-14-26-15-13-23/h7-10H,2-6,11-15H2,1H3,(H,22,24). The lowest BCUT2D eigenvalue weighted by Crippen LogP contribution is -2.40. The highest BCUT2D eigenvalue weighted by molar-refractivity contribution is 6.10. The van der Waals surface area contributed by atoms with Gasteiger partial charge in [-0.15, -0.1) is 0 Å². The molecule has 0 spiro atoms. The molecule has 0 atom stereocenters. The summed E-state index contributed by atoms with van der Waals surface area (Å²) >= 11 is 0. The van der Waals surface area contributed by atoms with E-state index in [9.17, 15) is 9.59 Å². The molecule has 6 heteroatoms. The van der Waals surface area contributed by atoms with Crippen LogP contribution in [0.1, 0.15) is 56.0 Å². The molecule has 0 radical (unpaired) electrons. The Morgan fingerprint density at radius 1 is 1.07 bits per heavy atom. The Bertz CT molecular complexity index is 778. The maximum absolute atomic E-state index is 12.9. The lowest BCUT2D eigenvalue weighted by molar-refractivity contribution is -0.116. The lowest BCUT2D eigenvalue weighted by atomic mass is 10.1. The highest BCUT2D eigenvalue weighted by Crippen LogP contribution is 2.32. The Kier molecular flexibility index (Phi) is 6.87. The number of unbranched alkanes of at least 4 members (excludes halogenated alkanes) is 4. The predicted molar refractivity (Wildman–Crippen MR) is 105 cm³/mol. The van der Waals surface area contributed by atoms with Crippen molar-refractivity contribution in [3.05, 3.63) is 30.0 Å². The molecule has 6 nitrogen and oxygen atoms in total. The molecule has 1 aromatic heterocycles. The van der Waals surface area contributed by atoms with Gasteiger partial charge in [-0.3, -0.25) is 9.59 Å². The molecule has 3 rings (SSSR count). The van der Waals surface area contributed by atoms with Gasteiger partial charge in [-0.05, 0) is 18.6 Å². The smallest absolute Gasteiger partial charge is 0.291 e. The number of hydrogen-bond donors (Lipinski definition) is 1. The SMILES string of the molecule is CCCCCCCC(=O)Nc1c(C(=O)N2CCOCC2)oc2ccccc12. The minimum atomic E-state index is -0.201. The van der Waals surface area contributed by atoms with Crippen molar-refractivity contribution < 1.29 is 18.7 Å². The van der Waals surface area contributed by atoms with Crippen molar-refractivity contribution >= 4 is 28.5 Å². The molecule has 0 bridgehead atoms. The molecule has 1 N–H and O–H groups in total. The quantitative estimate of drug-likeness (QED) is 0.705. The van der Waals surface area contributed by atoms with Crippen molar-refractivity contribution in [2.75, 3.05) is 31.6 Å². The van der Waals surface area contributed by atoms with Gasteiger partial charge in [0, 0.05) is 24.9 Å². The summed E-state index contributed by atoms with van der Waals surface area (Å²) < 4.78 is 11.1. The van der Waals surface area contributed by atoms with E-state index in [2.05, 4.69) is 12.2 Å². The van der Waals surface area contributed by atoms with E-state index in [1.165, 1.54) is 12.8 Å². The Labute approximate surface area is 159 Å². The van der Waals surface area contributed by atoms with Crippen molar-refractivity contribution in [1.29, 1.82) is 0 Å². The Balaban J connectivity index is 1.74. The fourth-order valence-electron chi connectivity index (χ4n) is 3.32. The van der Waals surface area contributed by atoms with Crippen LogP contribution in [0.25, 0.3) is 11.0 Å². The van der Waals surface area contributed by atoms with Gasteiger partial charge in [0.15, 0.2) is 0 Å². The fraction of sp³-hybridized carbons (Fsp3) is 0.524. The van der Waals surface area contributed by atoms with Gasteiger partial charge in [0.1, 0.15) is 11.3 Å². The van der Waals surface area contributed by atoms with Gasteiger partial charge >= 0.3 is 0 Å². The molecule has 27 heavy (non-hydrogen) atoms. The Morgan fingerprint density at radius 2 is 1.81 bits per heavy atom. The number of furan rings is 1. The number of para-hydroxylation sites is 1. The molecule has 2 heterocycles. The molecule has 1 saturated heterocycles. The summed E-state index contributed by atoms with van der Waals surface area (Å²) in [5, 5.41) is 3.69. The van der Waals surface area contributed by atoms with E-state index in [-0.39, 0.29) is 17.6 Å². The van der Waals surface area contributed by atoms with E-state index >= 15 is 0 Å². The van der Waals surface area contributed by atoms with Crippen LogP contribution >= 0.6 is 0 Å². The minimum Gasteiger partial charge on any atom is -0.449 e. The van der Waals surface area contributed by atoms with Crippen molar-refractivity contribution in [3.8, 4) is 0 Å². The maximum Gasteiger partial charge on any atom is 0.291 e. The van der Waals surface area contributed by atoms with Gasteiger partial charge in [-0.2, -0.15) is 0 Å². The Hall–Kier alpha value is -2.34. The summed E-state index contributed by atoms with van der Waals surface area (Å²) in [4.78, 5) is 27.1. The third kappa shape index (κ3) is 4.89. The van der Waals surface area contributed by atoms with Gasteiger partial charge < -0.3 is 19.4 Å². The van der Waals surface area contributed by atoms with Crippen LogP contribution in [0.4, 0.5) is 5.69 Å². The molecular formula is C21H28N2O4. The van der Waals surface area contributed by atoms with Crippen LogP contribution in [-0.2, 0) is 9.53 Å². The predicted octanol–water partition coefficient (Wildman–Crippen LogP) is 4.20.